The van der Waals surface area contributed by atoms with Crippen molar-refractivity contribution in [1.82, 2.24) is 0 Å². The fourth-order valence-corrected chi connectivity index (χ4v) is 2.55. The predicted molar refractivity (Wildman–Crippen MR) is 87.6 cm³/mol. The number of rotatable bonds is 4. The third-order valence-electron chi connectivity index (χ3n) is 3.43. The lowest BCUT2D eigenvalue weighted by molar-refractivity contribution is 0.471. The molecule has 2 aromatic carbocycles. The van der Waals surface area contributed by atoms with Crippen molar-refractivity contribution in [3.05, 3.63) is 57.1 Å². The molecule has 0 saturated carbocycles. The maximum atomic E-state index is 6.15. The molecule has 0 amide bonds. The third kappa shape index (κ3) is 3.41. The largest absolute Gasteiger partial charge is 0.457 e. The Morgan fingerprint density at radius 2 is 1.80 bits per heavy atom. The van der Waals surface area contributed by atoms with Gasteiger partial charge in [0.25, 0.3) is 0 Å². The van der Waals surface area contributed by atoms with Gasteiger partial charge in [-0.1, -0.05) is 28.1 Å². The van der Waals surface area contributed by atoms with E-state index in [4.69, 9.17) is 10.5 Å². The number of hydrogen-bond acceptors (Lipinski definition) is 2. The molecule has 2 aromatic rings. The topological polar surface area (TPSA) is 35.2 Å². The molecule has 2 nitrogen and oxygen atoms in total. The Morgan fingerprint density at radius 3 is 2.50 bits per heavy atom. The zero-order chi connectivity index (χ0) is 14.7. The zero-order valence-corrected chi connectivity index (χ0v) is 13.8. The first-order chi connectivity index (χ1) is 9.51. The number of hydrogen-bond donors (Lipinski definition) is 1. The van der Waals surface area contributed by atoms with Gasteiger partial charge >= 0.3 is 0 Å². The van der Waals surface area contributed by atoms with Crippen LogP contribution in [0.2, 0.25) is 0 Å². The minimum Gasteiger partial charge on any atom is -0.457 e. The van der Waals surface area contributed by atoms with Crippen LogP contribution in [0.1, 0.15) is 22.3 Å². The molecule has 0 aliphatic rings. The summed E-state index contributed by atoms with van der Waals surface area (Å²) in [4.78, 5) is 0. The Hall–Kier alpha value is -1.32. The van der Waals surface area contributed by atoms with Gasteiger partial charge in [0.1, 0.15) is 11.5 Å². The molecule has 0 saturated heterocycles. The summed E-state index contributed by atoms with van der Waals surface area (Å²) in [6.45, 7) is 6.90. The van der Waals surface area contributed by atoms with Gasteiger partial charge in [-0.15, -0.1) is 0 Å². The highest BCUT2D eigenvalue weighted by Crippen LogP contribution is 2.32. The van der Waals surface area contributed by atoms with Crippen molar-refractivity contribution in [1.29, 1.82) is 0 Å². The molecule has 20 heavy (non-hydrogen) atoms. The summed E-state index contributed by atoms with van der Waals surface area (Å²) in [5.41, 5.74) is 10.4. The van der Waals surface area contributed by atoms with Crippen LogP contribution in [0.4, 0.5) is 0 Å². The van der Waals surface area contributed by atoms with Crippen LogP contribution >= 0.6 is 15.9 Å². The van der Waals surface area contributed by atoms with E-state index in [9.17, 15) is 0 Å². The van der Waals surface area contributed by atoms with Crippen LogP contribution < -0.4 is 10.5 Å². The zero-order valence-electron chi connectivity index (χ0n) is 12.2. The summed E-state index contributed by atoms with van der Waals surface area (Å²) in [7, 11) is 0. The maximum absolute atomic E-state index is 6.15. The fourth-order valence-electron chi connectivity index (χ4n) is 2.21. The van der Waals surface area contributed by atoms with Gasteiger partial charge in [0.15, 0.2) is 0 Å². The standard InChI is InChI=1S/C17H20BrNO/c1-11-8-12(2)13(3)16(9-11)20-17-10-15(18)5-4-14(17)6-7-19/h4-5,8-10H,6-7,19H2,1-3H3. The molecule has 0 bridgehead atoms. The van der Waals surface area contributed by atoms with Crippen molar-refractivity contribution in [2.45, 2.75) is 27.2 Å². The molecule has 3 heteroatoms. The van der Waals surface area contributed by atoms with E-state index in [-0.39, 0.29) is 0 Å². The molecule has 0 heterocycles. The van der Waals surface area contributed by atoms with Crippen molar-refractivity contribution in [2.75, 3.05) is 6.54 Å². The second-order valence-corrected chi connectivity index (χ2v) is 6.01. The Morgan fingerprint density at radius 1 is 1.05 bits per heavy atom. The van der Waals surface area contributed by atoms with Gasteiger partial charge < -0.3 is 10.5 Å². The predicted octanol–water partition coefficient (Wildman–Crippen LogP) is 4.67. The molecular weight excluding hydrogens is 314 g/mol. The van der Waals surface area contributed by atoms with E-state index in [1.54, 1.807) is 0 Å². The molecule has 0 aliphatic carbocycles. The number of aryl methyl sites for hydroxylation is 2. The number of ether oxygens (including phenoxy) is 1. The second kappa shape index (κ2) is 6.42. The van der Waals surface area contributed by atoms with Crippen molar-refractivity contribution in [2.24, 2.45) is 5.73 Å². The van der Waals surface area contributed by atoms with Gasteiger partial charge in [0, 0.05) is 4.47 Å². The van der Waals surface area contributed by atoms with Gasteiger partial charge in [-0.05, 0) is 74.2 Å². The molecule has 0 radical (unpaired) electrons. The summed E-state index contributed by atoms with van der Waals surface area (Å²) in [6.07, 6.45) is 0.812. The van der Waals surface area contributed by atoms with E-state index in [0.717, 1.165) is 28.0 Å². The minimum atomic E-state index is 0.615. The van der Waals surface area contributed by atoms with Crippen LogP contribution in [0.3, 0.4) is 0 Å². The lowest BCUT2D eigenvalue weighted by atomic mass is 10.1. The van der Waals surface area contributed by atoms with Crippen LogP contribution in [-0.2, 0) is 6.42 Å². The lowest BCUT2D eigenvalue weighted by Gasteiger charge is -2.15. The smallest absolute Gasteiger partial charge is 0.131 e. The highest BCUT2D eigenvalue weighted by molar-refractivity contribution is 9.10. The second-order valence-electron chi connectivity index (χ2n) is 5.10. The minimum absolute atomic E-state index is 0.615. The number of halogens is 1. The SMILES string of the molecule is Cc1cc(C)c(C)c(Oc2cc(Br)ccc2CCN)c1. The van der Waals surface area contributed by atoms with Crippen molar-refractivity contribution in [3.63, 3.8) is 0 Å². The van der Waals surface area contributed by atoms with Gasteiger partial charge in [0.05, 0.1) is 0 Å². The monoisotopic (exact) mass is 333 g/mol. The molecular formula is C17H20BrNO. The van der Waals surface area contributed by atoms with E-state index in [2.05, 4.69) is 54.9 Å². The quantitative estimate of drug-likeness (QED) is 0.882. The van der Waals surface area contributed by atoms with Gasteiger partial charge in [-0.2, -0.15) is 0 Å². The van der Waals surface area contributed by atoms with E-state index in [1.807, 2.05) is 12.1 Å². The van der Waals surface area contributed by atoms with Crippen LogP contribution in [0.25, 0.3) is 0 Å². The summed E-state index contributed by atoms with van der Waals surface area (Å²) in [5, 5.41) is 0. The first-order valence-corrected chi connectivity index (χ1v) is 7.54. The third-order valence-corrected chi connectivity index (χ3v) is 3.92. The van der Waals surface area contributed by atoms with E-state index >= 15 is 0 Å². The van der Waals surface area contributed by atoms with Crippen molar-refractivity contribution < 1.29 is 4.74 Å². The number of nitrogens with two attached hydrogens (primary N) is 1. The summed E-state index contributed by atoms with van der Waals surface area (Å²) >= 11 is 3.50. The highest BCUT2D eigenvalue weighted by Gasteiger charge is 2.09. The Balaban J connectivity index is 2.41. The van der Waals surface area contributed by atoms with Crippen molar-refractivity contribution >= 4 is 15.9 Å². The molecule has 0 atom stereocenters. The fraction of sp³-hybridized carbons (Fsp3) is 0.294. The normalized spacial score (nSPS) is 10.7. The molecule has 0 spiro atoms. The van der Waals surface area contributed by atoms with Crippen LogP contribution in [0.15, 0.2) is 34.8 Å². The Kier molecular flexibility index (Phi) is 4.84. The molecule has 0 aromatic heterocycles. The molecule has 0 unspecified atom stereocenters. The molecule has 2 N–H and O–H groups in total. The van der Waals surface area contributed by atoms with E-state index in [0.29, 0.717) is 6.54 Å². The van der Waals surface area contributed by atoms with E-state index in [1.165, 1.54) is 16.7 Å². The Bertz CT molecular complexity index is 623. The van der Waals surface area contributed by atoms with Crippen LogP contribution in [0, 0.1) is 20.8 Å². The van der Waals surface area contributed by atoms with Gasteiger partial charge in [-0.3, -0.25) is 0 Å². The van der Waals surface area contributed by atoms with Crippen molar-refractivity contribution in [3.8, 4) is 11.5 Å². The Labute approximate surface area is 129 Å². The molecule has 2 rings (SSSR count). The average Bonchev–Trinajstić information content (AvgIpc) is 2.38. The molecule has 0 fully saturated rings. The van der Waals surface area contributed by atoms with Crippen LogP contribution in [-0.4, -0.2) is 6.54 Å². The highest BCUT2D eigenvalue weighted by atomic mass is 79.9. The lowest BCUT2D eigenvalue weighted by Crippen LogP contribution is -2.04. The summed E-state index contributed by atoms with van der Waals surface area (Å²) in [6, 6.07) is 10.3. The molecule has 0 aliphatic heterocycles. The van der Waals surface area contributed by atoms with Gasteiger partial charge in [-0.25, -0.2) is 0 Å². The van der Waals surface area contributed by atoms with E-state index < -0.39 is 0 Å². The molecule has 106 valence electrons. The van der Waals surface area contributed by atoms with Crippen LogP contribution in [0.5, 0.6) is 11.5 Å². The number of benzene rings is 2. The first-order valence-electron chi connectivity index (χ1n) is 6.75. The summed E-state index contributed by atoms with van der Waals surface area (Å²) < 4.78 is 7.16. The maximum Gasteiger partial charge on any atom is 0.131 e. The summed E-state index contributed by atoms with van der Waals surface area (Å²) in [5.74, 6) is 1.79. The first kappa shape index (κ1) is 15.1. The van der Waals surface area contributed by atoms with Gasteiger partial charge in [0.2, 0.25) is 0 Å². The average molecular weight is 334 g/mol.